The molecule has 82 valence electrons. The number of likely N-dealkylation sites (N-methyl/N-ethyl adjacent to an activating group) is 1. The van der Waals surface area contributed by atoms with Gasteiger partial charge in [-0.2, -0.15) is 0 Å². The summed E-state index contributed by atoms with van der Waals surface area (Å²) < 4.78 is 1.41. The van der Waals surface area contributed by atoms with E-state index < -0.39 is 0 Å². The molecule has 3 heteroatoms. The molecule has 1 aromatic carbocycles. The van der Waals surface area contributed by atoms with Gasteiger partial charge in [-0.25, -0.2) is 0 Å². The van der Waals surface area contributed by atoms with Gasteiger partial charge in [0.25, 0.3) is 0 Å². The molecule has 0 aromatic heterocycles. The predicted molar refractivity (Wildman–Crippen MR) is 67.4 cm³/mol. The van der Waals surface area contributed by atoms with Gasteiger partial charge >= 0.3 is 101 Å². The summed E-state index contributed by atoms with van der Waals surface area (Å²) in [5.74, 6) is 0. The number of benzene rings is 1. The van der Waals surface area contributed by atoms with Crippen LogP contribution in [0.5, 0.6) is 0 Å². The van der Waals surface area contributed by atoms with Gasteiger partial charge in [0.2, 0.25) is 0 Å². The summed E-state index contributed by atoms with van der Waals surface area (Å²) in [5.41, 5.74) is 1.45. The molecule has 1 saturated heterocycles. The van der Waals surface area contributed by atoms with E-state index in [4.69, 9.17) is 0 Å². The van der Waals surface area contributed by atoms with Crippen molar-refractivity contribution in [1.29, 1.82) is 0 Å². The summed E-state index contributed by atoms with van der Waals surface area (Å²) in [7, 11) is 2.20. The summed E-state index contributed by atoms with van der Waals surface area (Å²) in [6, 6.07) is 8.97. The van der Waals surface area contributed by atoms with Crippen LogP contribution in [-0.2, 0) is 6.54 Å². The predicted octanol–water partition coefficient (Wildman–Crippen LogP) is -0.308. The molecule has 1 atom stereocenters. The van der Waals surface area contributed by atoms with E-state index in [0.717, 1.165) is 6.54 Å². The van der Waals surface area contributed by atoms with Crippen molar-refractivity contribution in [1.82, 2.24) is 9.80 Å². The fourth-order valence-electron chi connectivity index (χ4n) is 1.89. The molecule has 0 saturated carbocycles. The second kappa shape index (κ2) is 5.16. The fourth-order valence-corrected chi connectivity index (χ4v) is 2.29. The van der Waals surface area contributed by atoms with Gasteiger partial charge in [-0.05, 0) is 0 Å². The first kappa shape index (κ1) is 11.2. The molecule has 1 aromatic rings. The Kier molecular flexibility index (Phi) is 3.85. The Bertz CT molecular complexity index is 302. The number of piperazine rings is 1. The summed E-state index contributed by atoms with van der Waals surface area (Å²) in [4.78, 5) is 4.93. The number of hydrogen-bond donors (Lipinski definition) is 0. The van der Waals surface area contributed by atoms with E-state index >= 15 is 0 Å². The molecule has 0 N–H and O–H groups in total. The first-order valence-electron chi connectivity index (χ1n) is 5.49. The molecule has 0 radical (unpaired) electrons. The number of rotatable bonds is 2. The maximum atomic E-state index is 2.54. The zero-order valence-corrected chi connectivity index (χ0v) is 11.7. The van der Waals surface area contributed by atoms with Gasteiger partial charge in [0.1, 0.15) is 0 Å². The van der Waals surface area contributed by atoms with Crippen molar-refractivity contribution in [2.45, 2.75) is 6.54 Å². The molecule has 2 rings (SSSR count). The van der Waals surface area contributed by atoms with Crippen LogP contribution in [0, 0.1) is 0 Å². The van der Waals surface area contributed by atoms with Crippen molar-refractivity contribution < 1.29 is 0 Å². The van der Waals surface area contributed by atoms with Gasteiger partial charge in [-0.15, -0.1) is 0 Å². The second-order valence-electron chi connectivity index (χ2n) is 4.32. The Morgan fingerprint density at radius 1 is 1.07 bits per heavy atom. The van der Waals surface area contributed by atoms with E-state index in [1.165, 1.54) is 36.1 Å². The minimum atomic E-state index is 1.11. The van der Waals surface area contributed by atoms with E-state index in [0.29, 0.717) is 0 Å². The zero-order valence-electron chi connectivity index (χ0n) is 9.32. The molecule has 2 nitrogen and oxygen atoms in total. The summed E-state index contributed by atoms with van der Waals surface area (Å²) in [6.07, 6.45) is 0. The standard InChI is InChI=1S/C12H19AsN2/c1-14-6-8-15(9-7-14)10-11-2-4-12(13)5-3-11/h2-5H,6-10,13H2,1H3. The Morgan fingerprint density at radius 2 is 1.67 bits per heavy atom. The Morgan fingerprint density at radius 3 is 2.27 bits per heavy atom. The van der Waals surface area contributed by atoms with Crippen LogP contribution >= 0.6 is 0 Å². The van der Waals surface area contributed by atoms with Crippen LogP contribution in [0.4, 0.5) is 0 Å². The van der Waals surface area contributed by atoms with E-state index in [-0.39, 0.29) is 0 Å². The fraction of sp³-hybridized carbons (Fsp3) is 0.500. The van der Waals surface area contributed by atoms with Crippen LogP contribution in [0.25, 0.3) is 0 Å². The summed E-state index contributed by atoms with van der Waals surface area (Å²) in [6.45, 7) is 5.92. The van der Waals surface area contributed by atoms with Gasteiger partial charge in [0.15, 0.2) is 0 Å². The maximum absolute atomic E-state index is 2.54. The van der Waals surface area contributed by atoms with Crippen molar-refractivity contribution in [3.05, 3.63) is 29.8 Å². The second-order valence-corrected chi connectivity index (χ2v) is 5.72. The first-order chi connectivity index (χ1) is 7.24. The van der Waals surface area contributed by atoms with E-state index in [1.54, 1.807) is 16.9 Å². The third-order valence-electron chi connectivity index (χ3n) is 2.98. The van der Waals surface area contributed by atoms with Crippen molar-refractivity contribution in [3.8, 4) is 0 Å². The van der Waals surface area contributed by atoms with E-state index in [1.807, 2.05) is 0 Å². The molecular formula is C12H19AsN2. The quantitative estimate of drug-likeness (QED) is 0.678. The Balaban J connectivity index is 1.89. The summed E-state index contributed by atoms with van der Waals surface area (Å²) in [5, 5.41) is 0. The summed E-state index contributed by atoms with van der Waals surface area (Å²) >= 11 is 1.70. The molecule has 0 aliphatic carbocycles. The Labute approximate surface area is 101 Å². The monoisotopic (exact) mass is 266 g/mol. The van der Waals surface area contributed by atoms with E-state index in [2.05, 4.69) is 41.1 Å². The molecule has 0 bridgehead atoms. The van der Waals surface area contributed by atoms with Crippen molar-refractivity contribution in [2.24, 2.45) is 0 Å². The number of nitrogens with zero attached hydrogens (tertiary/aromatic N) is 2. The average molecular weight is 266 g/mol. The van der Waals surface area contributed by atoms with Crippen molar-refractivity contribution >= 4 is 21.2 Å². The van der Waals surface area contributed by atoms with Crippen LogP contribution in [0.15, 0.2) is 24.3 Å². The van der Waals surface area contributed by atoms with E-state index in [9.17, 15) is 0 Å². The zero-order chi connectivity index (χ0) is 10.7. The molecule has 1 heterocycles. The number of hydrogen-bond acceptors (Lipinski definition) is 2. The third kappa shape index (κ3) is 3.34. The van der Waals surface area contributed by atoms with Gasteiger partial charge in [0.05, 0.1) is 0 Å². The molecule has 1 fully saturated rings. The van der Waals surface area contributed by atoms with Crippen LogP contribution in [-0.4, -0.2) is 59.9 Å². The van der Waals surface area contributed by atoms with Gasteiger partial charge in [-0.3, -0.25) is 0 Å². The van der Waals surface area contributed by atoms with Crippen LogP contribution in [0.3, 0.4) is 0 Å². The normalized spacial score (nSPS) is 19.3. The topological polar surface area (TPSA) is 6.48 Å². The van der Waals surface area contributed by atoms with Crippen molar-refractivity contribution in [2.75, 3.05) is 33.2 Å². The minimum absolute atomic E-state index is 1.11. The van der Waals surface area contributed by atoms with Gasteiger partial charge in [0, 0.05) is 0 Å². The van der Waals surface area contributed by atoms with Crippen LogP contribution < -0.4 is 4.35 Å². The molecule has 1 unspecified atom stereocenters. The molecule has 1 aliphatic heterocycles. The SMILES string of the molecule is CN1CCN(Cc2ccc([AsH2])cc2)CC1. The van der Waals surface area contributed by atoms with Gasteiger partial charge < -0.3 is 0 Å². The van der Waals surface area contributed by atoms with Gasteiger partial charge in [-0.1, -0.05) is 0 Å². The van der Waals surface area contributed by atoms with Crippen LogP contribution in [0.2, 0.25) is 0 Å². The third-order valence-corrected chi connectivity index (χ3v) is 3.79. The molecular weight excluding hydrogens is 247 g/mol. The van der Waals surface area contributed by atoms with Crippen molar-refractivity contribution in [3.63, 3.8) is 0 Å². The average Bonchev–Trinajstić information content (AvgIpc) is 2.25. The molecule has 15 heavy (non-hydrogen) atoms. The first-order valence-corrected chi connectivity index (χ1v) is 6.70. The molecule has 0 amide bonds. The van der Waals surface area contributed by atoms with Crippen LogP contribution in [0.1, 0.15) is 5.56 Å². The molecule has 0 spiro atoms. The Hall–Kier alpha value is -0.302. The molecule has 1 aliphatic rings.